The second kappa shape index (κ2) is 7.45. The van der Waals surface area contributed by atoms with Crippen LogP contribution in [0.25, 0.3) is 0 Å². The topological polar surface area (TPSA) is 32.3 Å². The second-order valence-corrected chi connectivity index (χ2v) is 9.64. The highest BCUT2D eigenvalue weighted by Crippen LogP contribution is 2.54. The number of nitrogens with zero attached hydrogens (tertiary/aromatic N) is 1. The van der Waals surface area contributed by atoms with Crippen LogP contribution in [0.1, 0.15) is 48.9 Å². The van der Waals surface area contributed by atoms with Crippen LogP contribution in [-0.2, 0) is 10.8 Å². The molecule has 0 spiro atoms. The largest absolute Gasteiger partial charge is 0.371 e. The Hall–Kier alpha value is -2.72. The molecule has 3 aromatic carbocycles. The quantitative estimate of drug-likeness (QED) is 0.475. The molecule has 5 rings (SSSR count). The fourth-order valence-corrected chi connectivity index (χ4v) is 5.67. The summed E-state index contributed by atoms with van der Waals surface area (Å²) in [6, 6.07) is 25.9. The molecule has 4 heteroatoms. The van der Waals surface area contributed by atoms with E-state index in [-0.39, 0.29) is 16.1 Å². The zero-order valence-electron chi connectivity index (χ0n) is 18.1. The van der Waals surface area contributed by atoms with Gasteiger partial charge in [0, 0.05) is 35.3 Å². The summed E-state index contributed by atoms with van der Waals surface area (Å²) in [6.45, 7) is 6.76. The number of carbonyl (C=O) groups is 1. The van der Waals surface area contributed by atoms with Gasteiger partial charge in [0.2, 0.25) is 0 Å². The van der Waals surface area contributed by atoms with E-state index in [2.05, 4.69) is 109 Å². The highest BCUT2D eigenvalue weighted by Gasteiger charge is 2.44. The summed E-state index contributed by atoms with van der Waals surface area (Å²) in [5.74, 6) is 0. The molecule has 2 aliphatic heterocycles. The Morgan fingerprint density at radius 3 is 1.71 bits per heavy atom. The van der Waals surface area contributed by atoms with Crippen molar-refractivity contribution in [3.8, 4) is 0 Å². The van der Waals surface area contributed by atoms with Gasteiger partial charge in [0.05, 0.1) is 0 Å². The number of hydrogen-bond donors (Lipinski definition) is 2. The molecule has 0 aliphatic carbocycles. The van der Waals surface area contributed by atoms with Gasteiger partial charge in [-0.05, 0) is 47.2 Å². The lowest BCUT2D eigenvalue weighted by Crippen LogP contribution is -2.47. The van der Waals surface area contributed by atoms with Crippen LogP contribution in [0.2, 0.25) is 0 Å². The molecular formula is C27H28N2OS. The lowest BCUT2D eigenvalue weighted by molar-refractivity contribution is 0.270. The van der Waals surface area contributed by atoms with Crippen molar-refractivity contribution in [1.29, 1.82) is 0 Å². The third kappa shape index (κ3) is 3.25. The molecule has 2 aliphatic rings. The number of hydrogen-bond acceptors (Lipinski definition) is 2. The fraction of sp³-hybridized carbons (Fsp3) is 0.296. The molecule has 0 saturated heterocycles. The first-order chi connectivity index (χ1) is 14.9. The van der Waals surface area contributed by atoms with Crippen LogP contribution in [0.15, 0.2) is 72.8 Å². The van der Waals surface area contributed by atoms with E-state index in [0.717, 1.165) is 31.6 Å². The van der Waals surface area contributed by atoms with Crippen LogP contribution in [0, 0.1) is 0 Å². The Bertz CT molecular complexity index is 1050. The van der Waals surface area contributed by atoms with Crippen molar-refractivity contribution in [2.75, 3.05) is 23.3 Å². The molecule has 1 amide bonds. The van der Waals surface area contributed by atoms with Crippen molar-refractivity contribution in [3.63, 3.8) is 0 Å². The highest BCUT2D eigenvalue weighted by molar-refractivity contribution is 7.96. The molecular weight excluding hydrogens is 400 g/mol. The summed E-state index contributed by atoms with van der Waals surface area (Å²) in [6.07, 6.45) is 2.09. The zero-order chi connectivity index (χ0) is 21.6. The van der Waals surface area contributed by atoms with Crippen molar-refractivity contribution in [2.45, 2.75) is 37.5 Å². The SMILES string of the molecule is C[C@@]1(c2ccccc2)CCN2CC[C@@](C)(c3ccccc3)c3cc(NC(=O)S)cc1c32. The Labute approximate surface area is 189 Å². The van der Waals surface area contributed by atoms with Crippen molar-refractivity contribution >= 4 is 29.2 Å². The molecule has 0 saturated carbocycles. The van der Waals surface area contributed by atoms with Gasteiger partial charge in [-0.3, -0.25) is 4.79 Å². The zero-order valence-corrected chi connectivity index (χ0v) is 19.0. The standard InChI is InChI=1S/C27H28N2OS/c1-26(19-9-5-3-6-10-19)13-15-29-16-14-27(2,20-11-7-4-8-12-20)23-18-21(28-25(30)31)17-22(26)24(23)29/h3-12,17-18H,13-16H2,1-2H3,(H2,28,30,31)/t26-,27-/m0/s1. The Balaban J connectivity index is 1.79. The minimum Gasteiger partial charge on any atom is -0.371 e. The van der Waals surface area contributed by atoms with Gasteiger partial charge in [0.1, 0.15) is 0 Å². The Kier molecular flexibility index (Phi) is 4.86. The average Bonchev–Trinajstić information content (AvgIpc) is 2.79. The summed E-state index contributed by atoms with van der Waals surface area (Å²) < 4.78 is 0. The molecule has 31 heavy (non-hydrogen) atoms. The van der Waals surface area contributed by atoms with Gasteiger partial charge in [-0.2, -0.15) is 0 Å². The first-order valence-corrected chi connectivity index (χ1v) is 11.4. The van der Waals surface area contributed by atoms with Gasteiger partial charge in [0.15, 0.2) is 0 Å². The van der Waals surface area contributed by atoms with Crippen molar-refractivity contribution in [2.24, 2.45) is 0 Å². The van der Waals surface area contributed by atoms with Crippen LogP contribution in [0.4, 0.5) is 16.2 Å². The molecule has 3 aromatic rings. The van der Waals surface area contributed by atoms with Gasteiger partial charge < -0.3 is 10.2 Å². The number of anilines is 2. The van der Waals surface area contributed by atoms with Crippen LogP contribution in [-0.4, -0.2) is 18.3 Å². The van der Waals surface area contributed by atoms with Crippen LogP contribution in [0.5, 0.6) is 0 Å². The first-order valence-electron chi connectivity index (χ1n) is 11.0. The van der Waals surface area contributed by atoms with E-state index >= 15 is 0 Å². The first kappa shape index (κ1) is 20.2. The van der Waals surface area contributed by atoms with Gasteiger partial charge >= 0.3 is 0 Å². The van der Waals surface area contributed by atoms with Gasteiger partial charge in [0.25, 0.3) is 5.24 Å². The van der Waals surface area contributed by atoms with E-state index in [1.807, 2.05) is 0 Å². The van der Waals surface area contributed by atoms with E-state index in [9.17, 15) is 4.79 Å². The minimum atomic E-state index is -0.335. The van der Waals surface area contributed by atoms with Crippen LogP contribution in [0.3, 0.4) is 0 Å². The number of rotatable bonds is 3. The summed E-state index contributed by atoms with van der Waals surface area (Å²) in [5, 5.41) is 2.62. The van der Waals surface area contributed by atoms with E-state index < -0.39 is 0 Å². The molecule has 0 unspecified atom stereocenters. The molecule has 158 valence electrons. The van der Waals surface area contributed by atoms with Gasteiger partial charge in [-0.1, -0.05) is 87.1 Å². The number of nitrogens with one attached hydrogen (secondary N) is 1. The maximum absolute atomic E-state index is 11.9. The maximum Gasteiger partial charge on any atom is 0.280 e. The minimum absolute atomic E-state index is 0.117. The third-order valence-corrected chi connectivity index (χ3v) is 7.56. The highest BCUT2D eigenvalue weighted by atomic mass is 32.1. The molecule has 0 aromatic heterocycles. The molecule has 0 radical (unpaired) electrons. The maximum atomic E-state index is 11.9. The number of thiol groups is 1. The normalized spacial score (nSPS) is 24.4. The van der Waals surface area contributed by atoms with E-state index in [1.165, 1.54) is 27.9 Å². The average molecular weight is 429 g/mol. The smallest absolute Gasteiger partial charge is 0.280 e. The number of amides is 1. The van der Waals surface area contributed by atoms with E-state index in [1.54, 1.807) is 0 Å². The second-order valence-electron chi connectivity index (χ2n) is 9.23. The van der Waals surface area contributed by atoms with E-state index in [4.69, 9.17) is 0 Å². The van der Waals surface area contributed by atoms with Crippen LogP contribution >= 0.6 is 12.6 Å². The monoisotopic (exact) mass is 428 g/mol. The lowest BCUT2D eigenvalue weighted by atomic mass is 9.64. The Morgan fingerprint density at radius 2 is 1.29 bits per heavy atom. The predicted octanol–water partition coefficient (Wildman–Crippen LogP) is 6.37. The molecule has 0 bridgehead atoms. The number of carbonyl (C=O) groups excluding carboxylic acids is 1. The van der Waals surface area contributed by atoms with Gasteiger partial charge in [-0.15, -0.1) is 0 Å². The van der Waals surface area contributed by atoms with Gasteiger partial charge in [-0.25, -0.2) is 0 Å². The molecule has 2 heterocycles. The van der Waals surface area contributed by atoms with E-state index in [0.29, 0.717) is 0 Å². The summed E-state index contributed by atoms with van der Waals surface area (Å²) >= 11 is 4.00. The number of benzene rings is 3. The summed E-state index contributed by atoms with van der Waals surface area (Å²) in [5.41, 5.74) is 7.15. The molecule has 3 nitrogen and oxygen atoms in total. The van der Waals surface area contributed by atoms with Crippen molar-refractivity contribution < 1.29 is 4.79 Å². The third-order valence-electron chi connectivity index (χ3n) is 7.45. The van der Waals surface area contributed by atoms with Crippen molar-refractivity contribution in [3.05, 3.63) is 95.1 Å². The van der Waals surface area contributed by atoms with Crippen molar-refractivity contribution in [1.82, 2.24) is 0 Å². The summed E-state index contributed by atoms with van der Waals surface area (Å²) in [7, 11) is 0. The predicted molar refractivity (Wildman–Crippen MR) is 132 cm³/mol. The molecule has 2 atom stereocenters. The fourth-order valence-electron chi connectivity index (χ4n) is 5.55. The lowest BCUT2D eigenvalue weighted by Gasteiger charge is -2.50. The van der Waals surface area contributed by atoms with Crippen LogP contribution < -0.4 is 10.2 Å². The molecule has 0 fully saturated rings. The molecule has 1 N–H and O–H groups in total. The summed E-state index contributed by atoms with van der Waals surface area (Å²) in [4.78, 5) is 14.4. The Morgan fingerprint density at radius 1 is 0.839 bits per heavy atom.